The molecule has 1 aromatic heterocycles. The molecule has 2 N–H and O–H groups in total. The van der Waals surface area contributed by atoms with Gasteiger partial charge in [0.15, 0.2) is 0 Å². The van der Waals surface area contributed by atoms with Crippen LogP contribution in [0.5, 0.6) is 5.75 Å². The second-order valence-corrected chi connectivity index (χ2v) is 8.13. The number of amides is 1. The van der Waals surface area contributed by atoms with E-state index in [0.29, 0.717) is 16.9 Å². The van der Waals surface area contributed by atoms with E-state index in [1.165, 1.54) is 0 Å². The summed E-state index contributed by atoms with van der Waals surface area (Å²) in [6, 6.07) is 12.3. The Morgan fingerprint density at radius 1 is 1.16 bits per heavy atom. The number of carboxylic acid groups (broad SMARTS) is 1. The zero-order valence-electron chi connectivity index (χ0n) is 17.6. The maximum atomic E-state index is 12.4. The van der Waals surface area contributed by atoms with Gasteiger partial charge in [-0.15, -0.1) is 0 Å². The first-order valence-corrected chi connectivity index (χ1v) is 10.5. The average molecular weight is 531 g/mol. The van der Waals surface area contributed by atoms with Crippen LogP contribution in [0, 0.1) is 24.3 Å². The lowest BCUT2D eigenvalue weighted by atomic mass is 10.1. The van der Waals surface area contributed by atoms with Gasteiger partial charge in [0.05, 0.1) is 22.5 Å². The van der Waals surface area contributed by atoms with Crippen molar-refractivity contribution in [2.24, 2.45) is 5.10 Å². The average Bonchev–Trinajstić information content (AvgIpc) is 3.01. The van der Waals surface area contributed by atoms with Crippen LogP contribution >= 0.6 is 22.6 Å². The predicted molar refractivity (Wildman–Crippen MR) is 128 cm³/mol. The maximum absolute atomic E-state index is 12.4. The van der Waals surface area contributed by atoms with Crippen LogP contribution in [-0.2, 0) is 0 Å². The number of hydrazone groups is 1. The first-order chi connectivity index (χ1) is 14.7. The topological polar surface area (TPSA) is 92.9 Å². The summed E-state index contributed by atoms with van der Waals surface area (Å²) in [5.74, 6) is -0.678. The summed E-state index contributed by atoms with van der Waals surface area (Å²) in [5, 5.41) is 13.5. The number of carbonyl (C=O) groups excluding carboxylic acids is 1. The molecule has 160 valence electrons. The number of hydrogen-bond donors (Lipinski definition) is 2. The number of methoxy groups -OCH3 is 1. The minimum absolute atomic E-state index is 0.264. The molecule has 3 aromatic rings. The van der Waals surface area contributed by atoms with Crippen molar-refractivity contribution in [2.45, 2.75) is 20.8 Å². The van der Waals surface area contributed by atoms with E-state index in [-0.39, 0.29) is 11.5 Å². The van der Waals surface area contributed by atoms with E-state index in [4.69, 9.17) is 4.74 Å². The van der Waals surface area contributed by atoms with Crippen LogP contribution < -0.4 is 10.2 Å². The summed E-state index contributed by atoms with van der Waals surface area (Å²) >= 11 is 2.14. The molecule has 0 aliphatic carbocycles. The highest BCUT2D eigenvalue weighted by Gasteiger charge is 2.16. The van der Waals surface area contributed by atoms with Gasteiger partial charge in [-0.2, -0.15) is 5.10 Å². The number of carbonyl (C=O) groups is 2. The fraction of sp³-hybridized carbons (Fsp3) is 0.174. The molecule has 31 heavy (non-hydrogen) atoms. The summed E-state index contributed by atoms with van der Waals surface area (Å²) in [6.07, 6.45) is 1.58. The number of rotatable bonds is 6. The van der Waals surface area contributed by atoms with Gasteiger partial charge in [-0.3, -0.25) is 4.79 Å². The van der Waals surface area contributed by atoms with E-state index in [1.54, 1.807) is 50.6 Å². The van der Waals surface area contributed by atoms with Crippen LogP contribution in [0.4, 0.5) is 0 Å². The molecule has 0 radical (unpaired) electrons. The molecular formula is C23H22IN3O4. The number of carboxylic acids is 1. The van der Waals surface area contributed by atoms with E-state index in [1.807, 2.05) is 30.5 Å². The van der Waals surface area contributed by atoms with Crippen LogP contribution in [-0.4, -0.2) is 34.9 Å². The SMILES string of the molecule is COc1cc(C(=O)N/N=C\c2cc(C)n(-c3cccc(C(=O)O)c3C)c2C)ccc1I. The van der Waals surface area contributed by atoms with E-state index < -0.39 is 5.97 Å². The van der Waals surface area contributed by atoms with Crippen LogP contribution in [0.2, 0.25) is 0 Å². The molecule has 8 heteroatoms. The normalized spacial score (nSPS) is 11.0. The highest BCUT2D eigenvalue weighted by atomic mass is 127. The zero-order valence-corrected chi connectivity index (χ0v) is 19.7. The molecule has 0 aliphatic rings. The molecule has 1 amide bonds. The van der Waals surface area contributed by atoms with Crippen LogP contribution in [0.1, 0.15) is 43.2 Å². The number of aromatic carboxylic acids is 1. The van der Waals surface area contributed by atoms with E-state index in [9.17, 15) is 14.7 Å². The minimum atomic E-state index is -0.960. The molecule has 0 unspecified atom stereocenters. The molecule has 0 fully saturated rings. The number of benzene rings is 2. The summed E-state index contributed by atoms with van der Waals surface area (Å²) in [7, 11) is 1.56. The third-order valence-corrected chi connectivity index (χ3v) is 5.92. The molecule has 0 saturated carbocycles. The van der Waals surface area contributed by atoms with Gasteiger partial charge >= 0.3 is 5.97 Å². The van der Waals surface area contributed by atoms with Gasteiger partial charge in [-0.25, -0.2) is 10.2 Å². The monoisotopic (exact) mass is 531 g/mol. The molecule has 3 rings (SSSR count). The fourth-order valence-corrected chi connectivity index (χ4v) is 3.97. The van der Waals surface area contributed by atoms with E-state index in [0.717, 1.165) is 26.2 Å². The molecule has 1 heterocycles. The van der Waals surface area contributed by atoms with Crippen molar-refractivity contribution in [1.29, 1.82) is 0 Å². The third-order valence-electron chi connectivity index (χ3n) is 5.03. The van der Waals surface area contributed by atoms with Gasteiger partial charge in [0.1, 0.15) is 5.75 Å². The molecule has 0 atom stereocenters. The molecule has 0 aliphatic heterocycles. The number of nitrogens with one attached hydrogen (secondary N) is 1. The fourth-order valence-electron chi connectivity index (χ4n) is 3.41. The Balaban J connectivity index is 1.85. The lowest BCUT2D eigenvalue weighted by molar-refractivity contribution is 0.0695. The van der Waals surface area contributed by atoms with Crippen molar-refractivity contribution >= 4 is 40.7 Å². The van der Waals surface area contributed by atoms with Gasteiger partial charge in [0.2, 0.25) is 0 Å². The quantitative estimate of drug-likeness (QED) is 0.279. The number of aryl methyl sites for hydroxylation is 1. The first-order valence-electron chi connectivity index (χ1n) is 9.43. The Bertz CT molecular complexity index is 1200. The molecule has 0 spiro atoms. The molecule has 0 saturated heterocycles. The smallest absolute Gasteiger partial charge is 0.336 e. The van der Waals surface area contributed by atoms with Gasteiger partial charge in [0.25, 0.3) is 5.91 Å². The van der Waals surface area contributed by atoms with Crippen LogP contribution in [0.25, 0.3) is 5.69 Å². The Labute approximate surface area is 193 Å². The van der Waals surface area contributed by atoms with Gasteiger partial charge in [0, 0.05) is 28.2 Å². The maximum Gasteiger partial charge on any atom is 0.336 e. The highest BCUT2D eigenvalue weighted by molar-refractivity contribution is 14.1. The van der Waals surface area contributed by atoms with Gasteiger partial charge in [-0.1, -0.05) is 6.07 Å². The second kappa shape index (κ2) is 9.34. The Kier molecular flexibility index (Phi) is 6.79. The lowest BCUT2D eigenvalue weighted by Crippen LogP contribution is -2.17. The van der Waals surface area contributed by atoms with E-state index >= 15 is 0 Å². The highest BCUT2D eigenvalue weighted by Crippen LogP contribution is 2.25. The van der Waals surface area contributed by atoms with Crippen LogP contribution in [0.15, 0.2) is 47.6 Å². The molecule has 7 nitrogen and oxygen atoms in total. The summed E-state index contributed by atoms with van der Waals surface area (Å²) in [5.41, 5.74) is 7.35. The van der Waals surface area contributed by atoms with Crippen LogP contribution in [0.3, 0.4) is 0 Å². The Morgan fingerprint density at radius 2 is 1.90 bits per heavy atom. The Morgan fingerprint density at radius 3 is 2.58 bits per heavy atom. The number of nitrogens with zero attached hydrogens (tertiary/aromatic N) is 2. The summed E-state index contributed by atoms with van der Waals surface area (Å²) in [4.78, 5) is 23.9. The number of halogens is 1. The van der Waals surface area contributed by atoms with Crippen molar-refractivity contribution in [1.82, 2.24) is 9.99 Å². The predicted octanol–water partition coefficient (Wildman–Crippen LogP) is 4.48. The molecular weight excluding hydrogens is 509 g/mol. The minimum Gasteiger partial charge on any atom is -0.496 e. The van der Waals surface area contributed by atoms with Crippen molar-refractivity contribution in [3.63, 3.8) is 0 Å². The first kappa shape index (κ1) is 22.5. The number of hydrogen-bond acceptors (Lipinski definition) is 4. The molecule has 0 bridgehead atoms. The van der Waals surface area contributed by atoms with Crippen molar-refractivity contribution in [3.8, 4) is 11.4 Å². The Hall–Kier alpha value is -3.14. The lowest BCUT2D eigenvalue weighted by Gasteiger charge is -2.14. The van der Waals surface area contributed by atoms with Crippen molar-refractivity contribution < 1.29 is 19.4 Å². The largest absolute Gasteiger partial charge is 0.496 e. The number of ether oxygens (including phenoxy) is 1. The number of aromatic nitrogens is 1. The molecule has 2 aromatic carbocycles. The van der Waals surface area contributed by atoms with Crippen molar-refractivity contribution in [3.05, 3.63) is 79.7 Å². The van der Waals surface area contributed by atoms with Gasteiger partial charge in [-0.05, 0) is 85.3 Å². The summed E-state index contributed by atoms with van der Waals surface area (Å²) in [6.45, 7) is 5.65. The van der Waals surface area contributed by atoms with Gasteiger partial charge < -0.3 is 14.4 Å². The second-order valence-electron chi connectivity index (χ2n) is 6.97. The van der Waals surface area contributed by atoms with E-state index in [2.05, 4.69) is 33.1 Å². The third kappa shape index (κ3) is 4.63. The summed E-state index contributed by atoms with van der Waals surface area (Å²) < 4.78 is 8.14. The zero-order chi connectivity index (χ0) is 22.7. The standard InChI is InChI=1S/C23H22IN3O4/c1-13-10-17(12-25-26-22(28)16-8-9-19(24)21(11-16)31-4)15(3)27(13)20-7-5-6-18(14(20)2)23(29)30/h5-12H,1-4H3,(H,26,28)(H,29,30)/b25-12-. The van der Waals surface area contributed by atoms with Crippen molar-refractivity contribution in [2.75, 3.05) is 7.11 Å².